The molecule has 32 heavy (non-hydrogen) atoms. The van der Waals surface area contributed by atoms with Crippen molar-refractivity contribution >= 4 is 29.6 Å². The molecule has 1 aromatic carbocycles. The van der Waals surface area contributed by atoms with Crippen LogP contribution in [0.3, 0.4) is 0 Å². The third kappa shape index (κ3) is 4.57. The first-order valence-corrected chi connectivity index (χ1v) is 15.6. The molecule has 1 aromatic rings. The average molecular weight is 556 g/mol. The van der Waals surface area contributed by atoms with E-state index in [4.69, 9.17) is 5.11 Å². The fraction of sp³-hybridized carbons (Fsp3) is 0.680. The van der Waals surface area contributed by atoms with Gasteiger partial charge in [-0.05, 0) is 0 Å². The van der Waals surface area contributed by atoms with Crippen LogP contribution in [-0.2, 0) is 10.3 Å². The van der Waals surface area contributed by atoms with E-state index >= 15 is 0 Å². The minimum absolute atomic E-state index is 0.0275. The van der Waals surface area contributed by atoms with Gasteiger partial charge in [-0.1, -0.05) is 0 Å². The predicted molar refractivity (Wildman–Crippen MR) is 136 cm³/mol. The number of nitrogens with one attached hydrogen (secondary N) is 1. The normalized spacial score (nSPS) is 29.6. The summed E-state index contributed by atoms with van der Waals surface area (Å²) in [4.78, 5) is 30.2. The number of hydrogen-bond acceptors (Lipinski definition) is 4. The molecular formula is C25H38IN3O3. The van der Waals surface area contributed by atoms with E-state index in [2.05, 4.69) is 54.6 Å². The van der Waals surface area contributed by atoms with Crippen LogP contribution in [0.5, 0.6) is 0 Å². The molecule has 0 aromatic heterocycles. The Balaban J connectivity index is 1.54. The molecule has 1 spiro atoms. The van der Waals surface area contributed by atoms with Crippen LogP contribution in [0.1, 0.15) is 50.5 Å². The van der Waals surface area contributed by atoms with Crippen molar-refractivity contribution < 1.29 is 14.7 Å². The number of halogens is 1. The van der Waals surface area contributed by atoms with Gasteiger partial charge < -0.3 is 0 Å². The predicted octanol–water partition coefficient (Wildman–Crippen LogP) is 3.61. The van der Waals surface area contributed by atoms with Crippen molar-refractivity contribution in [1.29, 1.82) is 0 Å². The Hall–Kier alpha value is -1.19. The van der Waals surface area contributed by atoms with E-state index in [1.165, 1.54) is 24.8 Å². The Kier molecular flexibility index (Phi) is 7.46. The number of carbonyl (C=O) groups is 2. The van der Waals surface area contributed by atoms with Gasteiger partial charge in [-0.15, -0.1) is 0 Å². The van der Waals surface area contributed by atoms with E-state index in [9.17, 15) is 9.59 Å². The van der Waals surface area contributed by atoms with Gasteiger partial charge in [0.2, 0.25) is 0 Å². The molecule has 2 aliphatic carbocycles. The van der Waals surface area contributed by atoms with Gasteiger partial charge in [0, 0.05) is 0 Å². The Bertz CT molecular complexity index is 804. The second-order valence-electron chi connectivity index (χ2n) is 9.94. The van der Waals surface area contributed by atoms with Crippen LogP contribution in [0, 0.1) is 5.92 Å². The molecule has 2 N–H and O–H groups in total. The first kappa shape index (κ1) is 24.0. The summed E-state index contributed by atoms with van der Waals surface area (Å²) in [7, 11) is 4.38. The Labute approximate surface area is 199 Å². The van der Waals surface area contributed by atoms with Crippen molar-refractivity contribution in [3.63, 3.8) is 0 Å². The summed E-state index contributed by atoms with van der Waals surface area (Å²) in [6, 6.07) is 10.8. The summed E-state index contributed by atoms with van der Waals surface area (Å²) in [5.41, 5.74) is 1.41. The van der Waals surface area contributed by atoms with Gasteiger partial charge in [0.1, 0.15) is 0 Å². The maximum absolute atomic E-state index is 13.6. The Morgan fingerprint density at radius 3 is 2.44 bits per heavy atom. The topological polar surface area (TPSA) is 72.9 Å². The van der Waals surface area contributed by atoms with Crippen LogP contribution in [-0.4, -0.2) is 72.9 Å². The molecule has 6 nitrogen and oxygen atoms in total. The molecule has 178 valence electrons. The van der Waals surface area contributed by atoms with E-state index < -0.39 is 19.8 Å². The molecule has 4 rings (SSSR count). The van der Waals surface area contributed by atoms with Gasteiger partial charge in [0.05, 0.1) is 0 Å². The second-order valence-corrected chi connectivity index (χ2v) is 16.1. The van der Waals surface area contributed by atoms with Crippen molar-refractivity contribution in [2.75, 3.05) is 44.8 Å². The number of carbonyl (C=O) groups excluding carboxylic acids is 2. The SMILES string of the molecule is CN(C)C1(c2ccccc2)CCC2(CC1)CN(CC(=O)NCCO)C(=O)I2CC1CCC1. The molecule has 7 heteroatoms. The standard InChI is InChI=1S/C25H38IN3O3/c1-28(2)25(21-9-4-3-5-10-21)13-11-24(12-14-25)19-29(18-22(31)27-15-16-30)23(32)26(24)17-20-7-6-8-20/h3-5,9-10,20,30H,6-8,11-19H2,1-2H3,(H,27,31). The van der Waals surface area contributed by atoms with Crippen LogP contribution in [0.15, 0.2) is 30.3 Å². The molecule has 0 unspecified atom stereocenters. The number of hydrogen-bond donors (Lipinski definition) is 2. The summed E-state index contributed by atoms with van der Waals surface area (Å²) >= 11 is -1.93. The first-order valence-electron chi connectivity index (χ1n) is 12.0. The number of rotatable bonds is 8. The van der Waals surface area contributed by atoms with Gasteiger partial charge in [0.25, 0.3) is 0 Å². The van der Waals surface area contributed by atoms with E-state index in [0.717, 1.165) is 42.6 Å². The zero-order valence-corrected chi connectivity index (χ0v) is 21.6. The third-order valence-electron chi connectivity index (χ3n) is 7.91. The molecule has 2 saturated carbocycles. The molecule has 1 heterocycles. The Morgan fingerprint density at radius 2 is 1.88 bits per heavy atom. The van der Waals surface area contributed by atoms with Crippen LogP contribution in [0.2, 0.25) is 0 Å². The molecule has 2 amide bonds. The summed E-state index contributed by atoms with van der Waals surface area (Å²) < 4.78 is 1.59. The average Bonchev–Trinajstić information content (AvgIpc) is 3.00. The van der Waals surface area contributed by atoms with Gasteiger partial charge in [-0.2, -0.15) is 0 Å². The van der Waals surface area contributed by atoms with Gasteiger partial charge >= 0.3 is 200 Å². The summed E-state index contributed by atoms with van der Waals surface area (Å²) in [6.45, 7) is 1.08. The van der Waals surface area contributed by atoms with E-state index in [-0.39, 0.29) is 34.6 Å². The fourth-order valence-corrected chi connectivity index (χ4v) is 13.9. The van der Waals surface area contributed by atoms with E-state index in [1.807, 2.05) is 4.90 Å². The van der Waals surface area contributed by atoms with Crippen LogP contribution in [0.4, 0.5) is 4.79 Å². The molecule has 1 saturated heterocycles. The molecule has 3 aliphatic rings. The van der Waals surface area contributed by atoms with Crippen molar-refractivity contribution in [2.24, 2.45) is 5.92 Å². The van der Waals surface area contributed by atoms with Gasteiger partial charge in [0.15, 0.2) is 0 Å². The van der Waals surface area contributed by atoms with E-state index in [0.29, 0.717) is 3.91 Å². The number of aliphatic hydroxyl groups is 1. The molecule has 0 atom stereocenters. The second kappa shape index (κ2) is 9.97. The molecular weight excluding hydrogens is 517 g/mol. The number of nitrogens with zero attached hydrogens (tertiary/aromatic N) is 2. The summed E-state index contributed by atoms with van der Waals surface area (Å²) in [6.07, 6.45) is 8.16. The summed E-state index contributed by atoms with van der Waals surface area (Å²) in [5.74, 6) is 0.588. The van der Waals surface area contributed by atoms with Crippen molar-refractivity contribution in [3.05, 3.63) is 35.9 Å². The summed E-state index contributed by atoms with van der Waals surface area (Å²) in [5, 5.41) is 11.7. The number of aliphatic hydroxyl groups excluding tert-OH is 1. The maximum atomic E-state index is 13.6. The first-order chi connectivity index (χ1) is 15.4. The van der Waals surface area contributed by atoms with Crippen molar-refractivity contribution in [2.45, 2.75) is 53.9 Å². The van der Waals surface area contributed by atoms with Crippen LogP contribution in [0.25, 0.3) is 0 Å². The minimum atomic E-state index is -1.93. The molecule has 0 radical (unpaired) electrons. The van der Waals surface area contributed by atoms with Crippen LogP contribution < -0.4 is 5.32 Å². The zero-order chi connectivity index (χ0) is 22.8. The molecule has 3 fully saturated rings. The quantitative estimate of drug-likeness (QED) is 0.223. The molecule has 0 bridgehead atoms. The van der Waals surface area contributed by atoms with Crippen molar-refractivity contribution in [3.8, 4) is 0 Å². The number of amides is 2. The van der Waals surface area contributed by atoms with Gasteiger partial charge in [-0.3, -0.25) is 0 Å². The third-order valence-corrected chi connectivity index (χ3v) is 16.0. The van der Waals surface area contributed by atoms with Gasteiger partial charge in [-0.25, -0.2) is 0 Å². The van der Waals surface area contributed by atoms with Crippen LogP contribution >= 0.6 is 19.8 Å². The fourth-order valence-electron chi connectivity index (χ4n) is 5.67. The Morgan fingerprint density at radius 1 is 1.19 bits per heavy atom. The zero-order valence-electron chi connectivity index (χ0n) is 19.5. The number of alkyl halides is 2. The van der Waals surface area contributed by atoms with E-state index in [1.54, 1.807) is 0 Å². The number of benzene rings is 1. The molecule has 1 aliphatic heterocycles. The van der Waals surface area contributed by atoms with Crippen molar-refractivity contribution in [1.82, 2.24) is 15.1 Å². The monoisotopic (exact) mass is 555 g/mol.